The van der Waals surface area contributed by atoms with E-state index >= 15 is 0 Å². The van der Waals surface area contributed by atoms with Gasteiger partial charge in [0.2, 0.25) is 0 Å². The van der Waals surface area contributed by atoms with Crippen LogP contribution in [-0.4, -0.2) is 72.0 Å². The molecule has 8 nitrogen and oxygen atoms in total. The number of esters is 1. The van der Waals surface area contributed by atoms with E-state index in [1.54, 1.807) is 6.92 Å². The highest BCUT2D eigenvalue weighted by Gasteiger charge is 2.72. The first-order valence-electron chi connectivity index (χ1n) is 12.5. The lowest BCUT2D eigenvalue weighted by Gasteiger charge is -2.59. The molecular formula is C20H48O8Si7. The Morgan fingerprint density at radius 2 is 1.23 bits per heavy atom. The maximum Gasteiger partial charge on any atom is 0.474 e. The lowest BCUT2D eigenvalue weighted by atomic mass is 10.4. The molecule has 0 radical (unpaired) electrons. The molecule has 0 amide bonds. The van der Waals surface area contributed by atoms with Crippen molar-refractivity contribution in [3.63, 3.8) is 0 Å². The second-order valence-corrected chi connectivity index (χ2v) is 41.8. The quantitative estimate of drug-likeness (QED) is 0.127. The van der Waals surface area contributed by atoms with Crippen LogP contribution in [0.2, 0.25) is 89.4 Å². The number of rotatable bonds is 11. The molecule has 0 aromatic rings. The van der Waals surface area contributed by atoms with Gasteiger partial charge in [-0.3, -0.25) is 0 Å². The van der Waals surface area contributed by atoms with E-state index in [-0.39, 0.29) is 12.6 Å². The number of hydrogen-bond acceptors (Lipinski definition) is 8. The number of carbonyl (C=O) groups excluding carboxylic acids is 1. The third kappa shape index (κ3) is 9.95. The third-order valence-electron chi connectivity index (χ3n) is 5.01. The molecule has 2 atom stereocenters. The van der Waals surface area contributed by atoms with Crippen molar-refractivity contribution in [2.75, 3.05) is 6.61 Å². The van der Waals surface area contributed by atoms with Crippen molar-refractivity contribution in [1.29, 1.82) is 0 Å². The molecule has 2 heterocycles. The van der Waals surface area contributed by atoms with Crippen LogP contribution >= 0.6 is 0 Å². The zero-order valence-corrected chi connectivity index (χ0v) is 31.0. The predicted molar refractivity (Wildman–Crippen MR) is 156 cm³/mol. The van der Waals surface area contributed by atoms with Gasteiger partial charge in [-0.2, -0.15) is 0 Å². The van der Waals surface area contributed by atoms with Crippen LogP contribution < -0.4 is 0 Å². The van der Waals surface area contributed by atoms with Gasteiger partial charge in [-0.15, -0.1) is 0 Å². The standard InChI is InChI=1S/C20H48O8Si7/c1-19(2)20(21)22-15-14-16-35-26-32(12,23-29(3,4)5)17-34(28-35,25-31(9,10)11)18-33(13,27-35)24-30(6,7)8/h1,14-18H2,2-13H3. The van der Waals surface area contributed by atoms with Crippen LogP contribution in [0.15, 0.2) is 12.2 Å². The second kappa shape index (κ2) is 10.6. The first-order chi connectivity index (χ1) is 15.5. The minimum Gasteiger partial charge on any atom is -0.462 e. The van der Waals surface area contributed by atoms with E-state index in [1.165, 1.54) is 0 Å². The Balaban J connectivity index is 2.47. The van der Waals surface area contributed by atoms with Crippen LogP contribution in [0, 0.1) is 0 Å². The Hall–Kier alpha value is 0.488. The van der Waals surface area contributed by atoms with Crippen LogP contribution in [0.5, 0.6) is 0 Å². The molecule has 2 aliphatic rings. The van der Waals surface area contributed by atoms with Gasteiger partial charge in [-0.1, -0.05) is 6.58 Å². The summed E-state index contributed by atoms with van der Waals surface area (Å²) in [6.45, 7) is 29.8. The van der Waals surface area contributed by atoms with E-state index in [0.717, 1.165) is 11.3 Å². The summed E-state index contributed by atoms with van der Waals surface area (Å²) in [7, 11) is -17.0. The van der Waals surface area contributed by atoms with Gasteiger partial charge >= 0.3 is 40.5 Å². The summed E-state index contributed by atoms with van der Waals surface area (Å²) in [6, 6.07) is 0.551. The van der Waals surface area contributed by atoms with Crippen molar-refractivity contribution in [2.45, 2.75) is 103 Å². The van der Waals surface area contributed by atoms with Crippen LogP contribution in [0.1, 0.15) is 13.3 Å². The van der Waals surface area contributed by atoms with Gasteiger partial charge in [0.25, 0.3) is 0 Å². The molecule has 35 heavy (non-hydrogen) atoms. The van der Waals surface area contributed by atoms with Crippen LogP contribution in [0.3, 0.4) is 0 Å². The summed E-state index contributed by atoms with van der Waals surface area (Å²) >= 11 is 0. The van der Waals surface area contributed by atoms with E-state index in [4.69, 9.17) is 29.4 Å². The minimum absolute atomic E-state index is 0.264. The normalized spacial score (nSPS) is 33.9. The fourth-order valence-electron chi connectivity index (χ4n) is 4.98. The summed E-state index contributed by atoms with van der Waals surface area (Å²) in [4.78, 5) is 11.9. The topological polar surface area (TPSA) is 81.7 Å². The molecule has 0 aromatic carbocycles. The average molecular weight is 613 g/mol. The molecule has 0 aromatic heterocycles. The molecule has 2 bridgehead atoms. The van der Waals surface area contributed by atoms with Crippen molar-refractivity contribution in [3.05, 3.63) is 12.2 Å². The molecular weight excluding hydrogens is 565 g/mol. The van der Waals surface area contributed by atoms with E-state index in [9.17, 15) is 4.79 Å². The van der Waals surface area contributed by atoms with Gasteiger partial charge in [-0.05, 0) is 85.4 Å². The van der Waals surface area contributed by atoms with E-state index in [2.05, 4.69) is 78.6 Å². The summed E-state index contributed by atoms with van der Waals surface area (Å²) in [5.74, 6) is -0.382. The fraction of sp³-hybridized carbons (Fsp3) is 0.850. The smallest absolute Gasteiger partial charge is 0.462 e. The molecule has 204 valence electrons. The first kappa shape index (κ1) is 31.7. The highest BCUT2D eigenvalue weighted by molar-refractivity contribution is 7.08. The summed E-state index contributed by atoms with van der Waals surface area (Å²) < 4.78 is 46.9. The number of hydrogen-bond donors (Lipinski definition) is 0. The van der Waals surface area contributed by atoms with E-state index in [1.807, 2.05) is 0 Å². The van der Waals surface area contributed by atoms with Gasteiger partial charge in [-0.25, -0.2) is 4.79 Å². The lowest BCUT2D eigenvalue weighted by molar-refractivity contribution is -0.139. The molecule has 2 unspecified atom stereocenters. The summed E-state index contributed by atoms with van der Waals surface area (Å²) in [5, 5.41) is 0. The number of carbonyl (C=O) groups is 1. The predicted octanol–water partition coefficient (Wildman–Crippen LogP) is 5.73. The van der Waals surface area contributed by atoms with Crippen molar-refractivity contribution in [3.8, 4) is 0 Å². The number of ether oxygens (including phenoxy) is 1. The van der Waals surface area contributed by atoms with Gasteiger partial charge < -0.3 is 29.4 Å². The SMILES string of the molecule is C=C(C)C(=O)OCCC[Si]12O[Si](C)(O[Si](C)(C)C)C[Si](O[Si](C)(C)C)(C[Si](C)(O[Si](C)(C)C)O1)O2. The monoisotopic (exact) mass is 612 g/mol. The molecule has 0 saturated carbocycles. The summed E-state index contributed by atoms with van der Waals surface area (Å²) in [6.07, 6.45) is 0.581. The van der Waals surface area contributed by atoms with Crippen molar-refractivity contribution in [2.24, 2.45) is 0 Å². The van der Waals surface area contributed by atoms with Crippen molar-refractivity contribution in [1.82, 2.24) is 0 Å². The first-order valence-corrected chi connectivity index (χ1v) is 32.0. The van der Waals surface area contributed by atoms with Gasteiger partial charge in [0.05, 0.1) is 6.61 Å². The maximum absolute atomic E-state index is 11.9. The second-order valence-electron chi connectivity index (χ2n) is 13.2. The van der Waals surface area contributed by atoms with Crippen LogP contribution in [-0.2, 0) is 34.2 Å². The largest absolute Gasteiger partial charge is 0.474 e. The molecule has 0 aliphatic carbocycles. The van der Waals surface area contributed by atoms with E-state index in [0.29, 0.717) is 18.0 Å². The fourth-order valence-corrected chi connectivity index (χ4v) is 49.3. The van der Waals surface area contributed by atoms with Gasteiger partial charge in [0, 0.05) is 23.0 Å². The van der Waals surface area contributed by atoms with Gasteiger partial charge in [0.1, 0.15) is 0 Å². The van der Waals surface area contributed by atoms with Gasteiger partial charge in [0.15, 0.2) is 25.0 Å². The molecule has 2 saturated heterocycles. The highest BCUT2D eigenvalue weighted by Crippen LogP contribution is 2.49. The zero-order chi connectivity index (χ0) is 27.1. The Labute approximate surface area is 220 Å². The Morgan fingerprint density at radius 3 is 1.60 bits per heavy atom. The maximum atomic E-state index is 11.9. The lowest BCUT2D eigenvalue weighted by Crippen LogP contribution is -2.80. The molecule has 2 rings (SSSR count). The van der Waals surface area contributed by atoms with Crippen molar-refractivity contribution >= 4 is 65.4 Å². The van der Waals surface area contributed by atoms with Crippen LogP contribution in [0.25, 0.3) is 0 Å². The highest BCUT2D eigenvalue weighted by atomic mass is 28.6. The molecule has 15 heteroatoms. The number of fused-ring (bicyclic) bond motifs is 2. The molecule has 0 spiro atoms. The Bertz CT molecular complexity index is 767. The average Bonchev–Trinajstić information content (AvgIpc) is 2.49. The molecule has 2 aliphatic heterocycles. The Morgan fingerprint density at radius 1 is 0.800 bits per heavy atom. The van der Waals surface area contributed by atoms with Crippen molar-refractivity contribution < 1.29 is 34.2 Å². The van der Waals surface area contributed by atoms with Crippen LogP contribution in [0.4, 0.5) is 0 Å². The summed E-state index contributed by atoms with van der Waals surface area (Å²) in [5.41, 5.74) is 1.88. The minimum atomic E-state index is -3.21. The van der Waals surface area contributed by atoms with E-state index < -0.39 is 59.4 Å². The molecule has 0 N–H and O–H groups in total. The third-order valence-corrected chi connectivity index (χ3v) is 36.4. The Kier molecular flexibility index (Phi) is 9.58. The zero-order valence-electron chi connectivity index (χ0n) is 24.0. The molecule has 2 fully saturated rings.